The second-order valence-corrected chi connectivity index (χ2v) is 10.9. The van der Waals surface area contributed by atoms with E-state index in [4.69, 9.17) is 0 Å². The van der Waals surface area contributed by atoms with Gasteiger partial charge in [0.15, 0.2) is 0 Å². The molecule has 0 aliphatic carbocycles. The number of alkyl halides is 3. The summed E-state index contributed by atoms with van der Waals surface area (Å²) in [4.78, 5) is 27.9. The number of nitrogens with zero attached hydrogens (tertiary/aromatic N) is 2. The largest absolute Gasteiger partial charge is 0.416 e. The molecular weight excluding hydrogens is 543 g/mol. The number of amides is 2. The lowest BCUT2D eigenvalue weighted by atomic mass is 10.1. The van der Waals surface area contributed by atoms with Crippen LogP contribution >= 0.6 is 0 Å². The van der Waals surface area contributed by atoms with Gasteiger partial charge in [0.05, 0.1) is 16.1 Å². The number of hydrogen-bond acceptors (Lipinski definition) is 4. The third-order valence-electron chi connectivity index (χ3n) is 6.29. The summed E-state index contributed by atoms with van der Waals surface area (Å²) in [6.07, 6.45) is -4.09. The second kappa shape index (κ2) is 13.5. The van der Waals surface area contributed by atoms with Crippen molar-refractivity contribution in [1.82, 2.24) is 10.2 Å². The van der Waals surface area contributed by atoms with Crippen molar-refractivity contribution in [2.24, 2.45) is 0 Å². The number of sulfonamides is 1. The summed E-state index contributed by atoms with van der Waals surface area (Å²) < 4.78 is 68.7. The molecule has 214 valence electrons. The molecule has 0 heterocycles. The maximum absolute atomic E-state index is 13.8. The van der Waals surface area contributed by atoms with Crippen LogP contribution in [-0.2, 0) is 32.2 Å². The van der Waals surface area contributed by atoms with E-state index >= 15 is 0 Å². The van der Waals surface area contributed by atoms with Crippen LogP contribution in [0.5, 0.6) is 0 Å². The summed E-state index contributed by atoms with van der Waals surface area (Å²) >= 11 is 0. The van der Waals surface area contributed by atoms with Gasteiger partial charge in [-0.3, -0.25) is 13.9 Å². The lowest BCUT2D eigenvalue weighted by Gasteiger charge is -2.33. The molecule has 0 bridgehead atoms. The first-order valence-electron chi connectivity index (χ1n) is 12.8. The summed E-state index contributed by atoms with van der Waals surface area (Å²) in [5.41, 5.74) is -0.473. The van der Waals surface area contributed by atoms with Gasteiger partial charge in [-0.05, 0) is 55.7 Å². The summed E-state index contributed by atoms with van der Waals surface area (Å²) in [7, 11) is -4.46. The molecule has 40 heavy (non-hydrogen) atoms. The van der Waals surface area contributed by atoms with Crippen molar-refractivity contribution < 1.29 is 31.2 Å². The summed E-state index contributed by atoms with van der Waals surface area (Å²) in [6.45, 7) is 3.09. The fraction of sp³-hybridized carbons (Fsp3) is 0.310. The lowest BCUT2D eigenvalue weighted by Crippen LogP contribution is -2.53. The normalized spacial score (nSPS) is 12.4. The fourth-order valence-electron chi connectivity index (χ4n) is 4.27. The molecule has 0 radical (unpaired) electrons. The van der Waals surface area contributed by atoms with E-state index in [9.17, 15) is 31.2 Å². The van der Waals surface area contributed by atoms with E-state index in [1.54, 1.807) is 19.9 Å². The molecular formula is C29H32F3N3O4S. The average molecular weight is 576 g/mol. The van der Waals surface area contributed by atoms with E-state index in [2.05, 4.69) is 5.32 Å². The number of rotatable bonds is 12. The van der Waals surface area contributed by atoms with Crippen molar-refractivity contribution in [3.05, 3.63) is 96.1 Å². The Hall–Kier alpha value is -3.86. The van der Waals surface area contributed by atoms with Crippen molar-refractivity contribution in [3.8, 4) is 0 Å². The van der Waals surface area contributed by atoms with Gasteiger partial charge in [-0.15, -0.1) is 0 Å². The van der Waals surface area contributed by atoms with E-state index in [0.717, 1.165) is 17.7 Å². The van der Waals surface area contributed by atoms with Gasteiger partial charge in [0.2, 0.25) is 11.8 Å². The minimum atomic E-state index is -4.73. The number of anilines is 1. The zero-order valence-electron chi connectivity index (χ0n) is 22.3. The monoisotopic (exact) mass is 575 g/mol. The number of likely N-dealkylation sites (N-methyl/N-ethyl adjacent to an activating group) is 1. The standard InChI is InChI=1S/C29H32F3N3O4S/c1-3-26(28(37)33-4-2)34(19-18-22-12-7-5-8-13-22)27(36)21-35(40(38,39)25-16-9-6-10-17-25)24-15-11-14-23(20-24)29(30,31)32/h5-17,20,26H,3-4,18-19,21H2,1-2H3,(H,33,37)/t26-/m1/s1. The van der Waals surface area contributed by atoms with Gasteiger partial charge in [-0.25, -0.2) is 8.42 Å². The van der Waals surface area contributed by atoms with Gasteiger partial charge in [0.1, 0.15) is 12.6 Å². The van der Waals surface area contributed by atoms with Crippen molar-refractivity contribution in [1.29, 1.82) is 0 Å². The zero-order valence-corrected chi connectivity index (χ0v) is 23.1. The van der Waals surface area contributed by atoms with Gasteiger partial charge in [-0.1, -0.05) is 61.5 Å². The quantitative estimate of drug-likeness (QED) is 0.333. The Balaban J connectivity index is 2.05. The highest BCUT2D eigenvalue weighted by molar-refractivity contribution is 7.92. The Bertz CT molecular complexity index is 1380. The van der Waals surface area contributed by atoms with E-state index in [0.29, 0.717) is 23.3 Å². The topological polar surface area (TPSA) is 86.8 Å². The number of halogens is 3. The molecule has 0 saturated heterocycles. The third-order valence-corrected chi connectivity index (χ3v) is 8.08. The highest BCUT2D eigenvalue weighted by Crippen LogP contribution is 2.33. The molecule has 7 nitrogen and oxygen atoms in total. The summed E-state index contributed by atoms with van der Waals surface area (Å²) in [6, 6.07) is 19.3. The Morgan fingerprint density at radius 3 is 2.10 bits per heavy atom. The first-order chi connectivity index (χ1) is 19.0. The first kappa shape index (κ1) is 30.7. The Morgan fingerprint density at radius 2 is 1.52 bits per heavy atom. The van der Waals surface area contributed by atoms with E-state index in [1.807, 2.05) is 30.3 Å². The van der Waals surface area contributed by atoms with Crippen LogP contribution in [-0.4, -0.2) is 50.8 Å². The molecule has 0 unspecified atom stereocenters. The molecule has 0 aromatic heterocycles. The van der Waals surface area contributed by atoms with E-state index < -0.39 is 46.2 Å². The van der Waals surface area contributed by atoms with Crippen LogP contribution < -0.4 is 9.62 Å². The maximum atomic E-state index is 13.8. The Kier molecular flexibility index (Phi) is 10.3. The van der Waals surface area contributed by atoms with Gasteiger partial charge < -0.3 is 10.2 Å². The summed E-state index contributed by atoms with van der Waals surface area (Å²) in [5, 5.41) is 2.71. The van der Waals surface area contributed by atoms with E-state index in [1.165, 1.54) is 35.2 Å². The Labute approximate surface area is 232 Å². The molecule has 0 aliphatic rings. The molecule has 11 heteroatoms. The average Bonchev–Trinajstić information content (AvgIpc) is 2.94. The van der Waals surface area contributed by atoms with Crippen molar-refractivity contribution >= 4 is 27.5 Å². The zero-order chi connectivity index (χ0) is 29.3. The van der Waals surface area contributed by atoms with Gasteiger partial charge in [0, 0.05) is 13.1 Å². The molecule has 3 aromatic carbocycles. The van der Waals surface area contributed by atoms with Crippen LogP contribution in [0.2, 0.25) is 0 Å². The molecule has 1 N–H and O–H groups in total. The highest BCUT2D eigenvalue weighted by Gasteiger charge is 2.35. The van der Waals surface area contributed by atoms with Crippen molar-refractivity contribution in [2.45, 2.75) is 43.8 Å². The Morgan fingerprint density at radius 1 is 0.900 bits per heavy atom. The number of hydrogen-bond donors (Lipinski definition) is 1. The molecule has 0 fully saturated rings. The number of nitrogens with one attached hydrogen (secondary N) is 1. The molecule has 0 spiro atoms. The molecule has 0 aliphatic heterocycles. The SMILES string of the molecule is CCNC(=O)[C@@H](CC)N(CCc1ccccc1)C(=O)CN(c1cccc(C(F)(F)F)c1)S(=O)(=O)c1ccccc1. The fourth-order valence-corrected chi connectivity index (χ4v) is 5.70. The maximum Gasteiger partial charge on any atom is 0.416 e. The van der Waals surface area contributed by atoms with Crippen molar-refractivity contribution in [2.75, 3.05) is 23.9 Å². The molecule has 2 amide bonds. The minimum Gasteiger partial charge on any atom is -0.355 e. The predicted octanol–water partition coefficient (Wildman–Crippen LogP) is 4.89. The van der Waals surface area contributed by atoms with Crippen LogP contribution in [0.4, 0.5) is 18.9 Å². The lowest BCUT2D eigenvalue weighted by molar-refractivity contribution is -0.139. The summed E-state index contributed by atoms with van der Waals surface area (Å²) in [5.74, 6) is -1.12. The predicted molar refractivity (Wildman–Crippen MR) is 147 cm³/mol. The van der Waals surface area contributed by atoms with Crippen LogP contribution in [0, 0.1) is 0 Å². The third kappa shape index (κ3) is 7.62. The number of carbonyl (C=O) groups is 2. The molecule has 0 saturated carbocycles. The van der Waals surface area contributed by atoms with Crippen LogP contribution in [0.1, 0.15) is 31.4 Å². The van der Waals surface area contributed by atoms with Crippen LogP contribution in [0.3, 0.4) is 0 Å². The van der Waals surface area contributed by atoms with Crippen LogP contribution in [0.25, 0.3) is 0 Å². The smallest absolute Gasteiger partial charge is 0.355 e. The number of carbonyl (C=O) groups excluding carboxylic acids is 2. The molecule has 3 aromatic rings. The van der Waals surface area contributed by atoms with Gasteiger partial charge in [-0.2, -0.15) is 13.2 Å². The van der Waals surface area contributed by atoms with Gasteiger partial charge in [0.25, 0.3) is 10.0 Å². The molecule has 1 atom stereocenters. The van der Waals surface area contributed by atoms with Crippen molar-refractivity contribution in [3.63, 3.8) is 0 Å². The van der Waals surface area contributed by atoms with Crippen LogP contribution in [0.15, 0.2) is 89.8 Å². The highest BCUT2D eigenvalue weighted by atomic mass is 32.2. The molecule has 3 rings (SSSR count). The first-order valence-corrected chi connectivity index (χ1v) is 14.3. The number of benzene rings is 3. The second-order valence-electron chi connectivity index (χ2n) is 9.01. The minimum absolute atomic E-state index is 0.0975. The van der Waals surface area contributed by atoms with E-state index in [-0.39, 0.29) is 23.5 Å². The van der Waals surface area contributed by atoms with Gasteiger partial charge >= 0.3 is 6.18 Å².